The van der Waals surface area contributed by atoms with E-state index in [9.17, 15) is 0 Å². The first-order chi connectivity index (χ1) is 5.85. The van der Waals surface area contributed by atoms with E-state index in [1.54, 1.807) is 0 Å². The van der Waals surface area contributed by atoms with Gasteiger partial charge < -0.3 is 4.85 Å². The molecule has 0 saturated heterocycles. The van der Waals surface area contributed by atoms with E-state index in [1.165, 1.54) is 0 Å². The van der Waals surface area contributed by atoms with Gasteiger partial charge in [0.05, 0.1) is 6.07 Å². The summed E-state index contributed by atoms with van der Waals surface area (Å²) >= 11 is 0. The van der Waals surface area contributed by atoms with Crippen LogP contribution in [0.25, 0.3) is 4.85 Å². The highest BCUT2D eigenvalue weighted by Crippen LogP contribution is 2.17. The predicted molar refractivity (Wildman–Crippen MR) is 49.3 cm³/mol. The first-order valence-electron chi connectivity index (χ1n) is 4.55. The zero-order chi connectivity index (χ0) is 9.23. The van der Waals surface area contributed by atoms with E-state index >= 15 is 0 Å². The van der Waals surface area contributed by atoms with Gasteiger partial charge in [-0.3, -0.25) is 0 Å². The van der Waals surface area contributed by atoms with Crippen LogP contribution in [0, 0.1) is 23.8 Å². The van der Waals surface area contributed by atoms with Crippen molar-refractivity contribution in [3.63, 3.8) is 0 Å². The maximum atomic E-state index is 8.40. The van der Waals surface area contributed by atoms with E-state index in [0.29, 0.717) is 18.9 Å². The van der Waals surface area contributed by atoms with Gasteiger partial charge in [-0.1, -0.05) is 19.8 Å². The lowest BCUT2D eigenvalue weighted by molar-refractivity contribution is 0.434. The minimum absolute atomic E-state index is 0.601. The third kappa shape index (κ3) is 5.74. The van der Waals surface area contributed by atoms with Gasteiger partial charge in [-0.2, -0.15) is 5.26 Å². The summed E-state index contributed by atoms with van der Waals surface area (Å²) in [6.07, 6.45) is 4.91. The normalized spacial score (nSPS) is 11.6. The molecule has 0 aliphatic carbocycles. The molecule has 2 nitrogen and oxygen atoms in total. The third-order valence-corrected chi connectivity index (χ3v) is 2.01. The highest BCUT2D eigenvalue weighted by Gasteiger charge is 2.07. The number of hydrogen-bond donors (Lipinski definition) is 0. The van der Waals surface area contributed by atoms with E-state index in [4.69, 9.17) is 11.8 Å². The number of nitriles is 1. The van der Waals surface area contributed by atoms with Gasteiger partial charge in [-0.25, -0.2) is 6.57 Å². The van der Waals surface area contributed by atoms with Gasteiger partial charge in [0.1, 0.15) is 0 Å². The molecule has 0 fully saturated rings. The Balaban J connectivity index is 3.57. The fourth-order valence-electron chi connectivity index (χ4n) is 1.36. The molecule has 0 N–H and O–H groups in total. The molecule has 12 heavy (non-hydrogen) atoms. The summed E-state index contributed by atoms with van der Waals surface area (Å²) in [4.78, 5) is 3.33. The van der Waals surface area contributed by atoms with Crippen molar-refractivity contribution in [3.8, 4) is 6.07 Å². The van der Waals surface area contributed by atoms with Crippen molar-refractivity contribution in [2.45, 2.75) is 39.0 Å². The van der Waals surface area contributed by atoms with Crippen LogP contribution < -0.4 is 0 Å². The lowest BCUT2D eigenvalue weighted by Crippen LogP contribution is -2.01. The Hall–Kier alpha value is -1.02. The Bertz CT molecular complexity index is 155. The number of rotatable bonds is 6. The molecular formula is C10H16N2. The smallest absolute Gasteiger partial charge is 0.214 e. The molecule has 0 aromatic carbocycles. The molecule has 1 unspecified atom stereocenters. The summed E-state index contributed by atoms with van der Waals surface area (Å²) in [5, 5.41) is 8.40. The van der Waals surface area contributed by atoms with Crippen LogP contribution in [0.3, 0.4) is 0 Å². The second kappa shape index (κ2) is 8.08. The van der Waals surface area contributed by atoms with Crippen LogP contribution >= 0.6 is 0 Å². The maximum absolute atomic E-state index is 8.40. The Morgan fingerprint density at radius 3 is 2.67 bits per heavy atom. The van der Waals surface area contributed by atoms with E-state index in [0.717, 1.165) is 25.7 Å². The second-order valence-electron chi connectivity index (χ2n) is 3.02. The van der Waals surface area contributed by atoms with Crippen molar-refractivity contribution < 1.29 is 0 Å². The molecule has 0 saturated carbocycles. The second-order valence-corrected chi connectivity index (χ2v) is 3.02. The molecule has 0 spiro atoms. The molecule has 0 bridgehead atoms. The van der Waals surface area contributed by atoms with Crippen molar-refractivity contribution in [2.75, 3.05) is 6.54 Å². The Kier molecular flexibility index (Phi) is 7.39. The number of nitrogens with zero attached hydrogens (tertiary/aromatic N) is 2. The zero-order valence-corrected chi connectivity index (χ0v) is 7.71. The fraction of sp³-hybridized carbons (Fsp3) is 0.800. The van der Waals surface area contributed by atoms with Gasteiger partial charge in [0.2, 0.25) is 6.54 Å². The standard InChI is InChI=1S/C10H16N2/c1-3-5-10(6-4-8-11)7-9-12-2/h10H,3-7,9H2,1H3. The van der Waals surface area contributed by atoms with Gasteiger partial charge in [-0.05, 0) is 12.3 Å². The molecule has 0 aliphatic heterocycles. The SMILES string of the molecule is [C-]#[N+]CCC(CCC)CCC#N. The van der Waals surface area contributed by atoms with Crippen LogP contribution in [0.4, 0.5) is 0 Å². The van der Waals surface area contributed by atoms with Crippen LogP contribution in [0.15, 0.2) is 0 Å². The van der Waals surface area contributed by atoms with Crippen LogP contribution in [-0.4, -0.2) is 6.54 Å². The van der Waals surface area contributed by atoms with E-state index < -0.39 is 0 Å². The monoisotopic (exact) mass is 164 g/mol. The zero-order valence-electron chi connectivity index (χ0n) is 7.71. The molecule has 2 heteroatoms. The minimum Gasteiger partial charge on any atom is -0.317 e. The van der Waals surface area contributed by atoms with E-state index in [-0.39, 0.29) is 0 Å². The summed E-state index contributed by atoms with van der Waals surface area (Å²) in [7, 11) is 0. The molecule has 0 radical (unpaired) electrons. The van der Waals surface area contributed by atoms with Crippen molar-refractivity contribution >= 4 is 0 Å². The van der Waals surface area contributed by atoms with E-state index in [1.807, 2.05) is 0 Å². The maximum Gasteiger partial charge on any atom is 0.214 e. The first kappa shape index (κ1) is 11.0. The van der Waals surface area contributed by atoms with Crippen molar-refractivity contribution in [1.29, 1.82) is 5.26 Å². The van der Waals surface area contributed by atoms with Crippen molar-refractivity contribution in [3.05, 3.63) is 11.4 Å². The lowest BCUT2D eigenvalue weighted by atomic mass is 9.95. The molecule has 1 atom stereocenters. The van der Waals surface area contributed by atoms with Gasteiger partial charge in [0.15, 0.2) is 0 Å². The summed E-state index contributed by atoms with van der Waals surface area (Å²) < 4.78 is 0. The van der Waals surface area contributed by atoms with Crippen molar-refractivity contribution in [2.24, 2.45) is 5.92 Å². The Labute approximate surface area is 75.0 Å². The summed E-state index contributed by atoms with van der Waals surface area (Å²) in [6, 6.07) is 2.16. The Morgan fingerprint density at radius 2 is 2.17 bits per heavy atom. The molecule has 0 amide bonds. The van der Waals surface area contributed by atoms with Crippen LogP contribution in [0.1, 0.15) is 39.0 Å². The van der Waals surface area contributed by atoms with Crippen LogP contribution in [0.2, 0.25) is 0 Å². The summed E-state index contributed by atoms with van der Waals surface area (Å²) in [5.41, 5.74) is 0. The summed E-state index contributed by atoms with van der Waals surface area (Å²) in [5.74, 6) is 0.601. The highest BCUT2D eigenvalue weighted by atomic mass is 14.6. The van der Waals surface area contributed by atoms with Gasteiger partial charge in [-0.15, -0.1) is 0 Å². The highest BCUT2D eigenvalue weighted by molar-refractivity contribution is 4.74. The largest absolute Gasteiger partial charge is 0.317 e. The van der Waals surface area contributed by atoms with Gasteiger partial charge in [0, 0.05) is 12.8 Å². The average Bonchev–Trinajstić information content (AvgIpc) is 2.10. The molecule has 66 valence electrons. The molecule has 0 aliphatic rings. The molecule has 0 aromatic rings. The molecular weight excluding hydrogens is 148 g/mol. The minimum atomic E-state index is 0.601. The van der Waals surface area contributed by atoms with Crippen LogP contribution in [0.5, 0.6) is 0 Å². The molecule has 0 heterocycles. The fourth-order valence-corrected chi connectivity index (χ4v) is 1.36. The quantitative estimate of drug-likeness (QED) is 0.554. The number of hydrogen-bond acceptors (Lipinski definition) is 1. The van der Waals surface area contributed by atoms with E-state index in [2.05, 4.69) is 17.8 Å². The first-order valence-corrected chi connectivity index (χ1v) is 4.55. The van der Waals surface area contributed by atoms with Crippen molar-refractivity contribution in [1.82, 2.24) is 0 Å². The lowest BCUT2D eigenvalue weighted by Gasteiger charge is -2.09. The molecule has 0 aromatic heterocycles. The molecule has 0 rings (SSSR count). The topological polar surface area (TPSA) is 28.1 Å². The average molecular weight is 164 g/mol. The van der Waals surface area contributed by atoms with Gasteiger partial charge >= 0.3 is 0 Å². The predicted octanol–water partition coefficient (Wildman–Crippen LogP) is 3.02. The third-order valence-electron chi connectivity index (χ3n) is 2.01. The Morgan fingerprint density at radius 1 is 1.42 bits per heavy atom. The van der Waals surface area contributed by atoms with Crippen LogP contribution in [-0.2, 0) is 0 Å². The summed E-state index contributed by atoms with van der Waals surface area (Å²) in [6.45, 7) is 9.44. The van der Waals surface area contributed by atoms with Gasteiger partial charge in [0.25, 0.3) is 0 Å².